The lowest BCUT2D eigenvalue weighted by atomic mass is 9.76. The number of rotatable bonds is 1. The lowest BCUT2D eigenvalue weighted by Gasteiger charge is -2.40. The largest absolute Gasteiger partial charge is 0.356 e. The first-order valence-corrected chi connectivity index (χ1v) is 10.0. The first-order valence-electron chi connectivity index (χ1n) is 10.0. The zero-order valence-corrected chi connectivity index (χ0v) is 16.7. The van der Waals surface area contributed by atoms with Gasteiger partial charge < -0.3 is 9.88 Å². The van der Waals surface area contributed by atoms with Crippen molar-refractivity contribution < 1.29 is 0 Å². The van der Waals surface area contributed by atoms with E-state index in [1.165, 1.54) is 0 Å². The van der Waals surface area contributed by atoms with Gasteiger partial charge in [-0.1, -0.05) is 20.8 Å². The molecule has 3 aromatic heterocycles. The molecule has 4 heterocycles. The Morgan fingerprint density at radius 1 is 1.14 bits per heavy atom. The molecular formula is C21H26N6O. The lowest BCUT2D eigenvalue weighted by molar-refractivity contribution is 0.319. The van der Waals surface area contributed by atoms with Crippen molar-refractivity contribution in [2.24, 2.45) is 0 Å². The molecule has 2 aliphatic rings. The fourth-order valence-electron chi connectivity index (χ4n) is 4.73. The second-order valence-electron chi connectivity index (χ2n) is 9.18. The average molecular weight is 378 g/mol. The maximum absolute atomic E-state index is 12.7. The molecule has 0 unspecified atom stereocenters. The quantitative estimate of drug-likeness (QED) is 0.704. The van der Waals surface area contributed by atoms with Gasteiger partial charge in [-0.05, 0) is 25.7 Å². The van der Waals surface area contributed by atoms with Crippen LogP contribution in [-0.2, 0) is 17.3 Å². The summed E-state index contributed by atoms with van der Waals surface area (Å²) in [6.07, 6.45) is 11.4. The van der Waals surface area contributed by atoms with E-state index in [0.29, 0.717) is 0 Å². The zero-order chi connectivity index (χ0) is 19.5. The summed E-state index contributed by atoms with van der Waals surface area (Å²) in [5, 5.41) is 0. The fraction of sp³-hybridized carbons (Fsp3) is 0.524. The number of aromatic nitrogens is 5. The summed E-state index contributed by atoms with van der Waals surface area (Å²) in [5.74, 6) is 1.88. The number of piperidine rings is 1. The smallest absolute Gasteiger partial charge is 0.254 e. The molecule has 0 atom stereocenters. The molecule has 0 bridgehead atoms. The Kier molecular flexibility index (Phi) is 3.66. The van der Waals surface area contributed by atoms with Crippen LogP contribution in [0.1, 0.15) is 57.1 Å². The molecule has 7 heteroatoms. The zero-order valence-electron chi connectivity index (χ0n) is 16.7. The van der Waals surface area contributed by atoms with Gasteiger partial charge in [0.2, 0.25) is 0 Å². The SMILES string of the molecule is CC(C)(C)c1nc2c(c(=O)[nH]1)CCC21CCN(c2cncc3nccn23)CC1. The van der Waals surface area contributed by atoms with Crippen molar-refractivity contribution in [2.75, 3.05) is 18.0 Å². The van der Waals surface area contributed by atoms with E-state index in [9.17, 15) is 4.79 Å². The first kappa shape index (κ1) is 17.4. The molecule has 7 nitrogen and oxygen atoms in total. The van der Waals surface area contributed by atoms with Gasteiger partial charge in [0, 0.05) is 41.9 Å². The van der Waals surface area contributed by atoms with Crippen LogP contribution in [0.15, 0.2) is 29.6 Å². The van der Waals surface area contributed by atoms with Crippen molar-refractivity contribution >= 4 is 11.5 Å². The van der Waals surface area contributed by atoms with E-state index in [1.807, 2.05) is 18.6 Å². The maximum atomic E-state index is 12.7. The van der Waals surface area contributed by atoms with E-state index >= 15 is 0 Å². The van der Waals surface area contributed by atoms with Crippen molar-refractivity contribution in [1.29, 1.82) is 0 Å². The molecule has 3 aromatic rings. The number of aromatic amines is 1. The molecule has 1 fully saturated rings. The van der Waals surface area contributed by atoms with Gasteiger partial charge in [0.15, 0.2) is 5.65 Å². The number of anilines is 1. The van der Waals surface area contributed by atoms with Gasteiger partial charge in [-0.15, -0.1) is 0 Å². The van der Waals surface area contributed by atoms with Crippen LogP contribution in [-0.4, -0.2) is 37.4 Å². The van der Waals surface area contributed by atoms with Gasteiger partial charge in [-0.2, -0.15) is 0 Å². The molecular weight excluding hydrogens is 352 g/mol. The van der Waals surface area contributed by atoms with Crippen LogP contribution in [0.3, 0.4) is 0 Å². The molecule has 1 N–H and O–H groups in total. The van der Waals surface area contributed by atoms with Crippen LogP contribution >= 0.6 is 0 Å². The van der Waals surface area contributed by atoms with Gasteiger partial charge in [0.1, 0.15) is 11.6 Å². The molecule has 1 aliphatic heterocycles. The second-order valence-corrected chi connectivity index (χ2v) is 9.18. The third-order valence-electron chi connectivity index (χ3n) is 6.42. The molecule has 1 aliphatic carbocycles. The second kappa shape index (κ2) is 5.90. The Labute approximate surface area is 163 Å². The van der Waals surface area contributed by atoms with Gasteiger partial charge in [0.05, 0.1) is 18.1 Å². The van der Waals surface area contributed by atoms with E-state index in [-0.39, 0.29) is 16.4 Å². The van der Waals surface area contributed by atoms with Crippen molar-refractivity contribution in [3.63, 3.8) is 0 Å². The van der Waals surface area contributed by atoms with Crippen LogP contribution in [0.2, 0.25) is 0 Å². The summed E-state index contributed by atoms with van der Waals surface area (Å²) in [5.41, 5.74) is 2.74. The Morgan fingerprint density at radius 3 is 2.68 bits per heavy atom. The van der Waals surface area contributed by atoms with Gasteiger partial charge in [-0.3, -0.25) is 14.2 Å². The minimum absolute atomic E-state index is 0.0242. The molecule has 0 amide bonds. The highest BCUT2D eigenvalue weighted by Gasteiger charge is 2.44. The predicted molar refractivity (Wildman–Crippen MR) is 108 cm³/mol. The number of hydrogen-bond donors (Lipinski definition) is 1. The number of nitrogens with zero attached hydrogens (tertiary/aromatic N) is 5. The Morgan fingerprint density at radius 2 is 1.93 bits per heavy atom. The summed E-state index contributed by atoms with van der Waals surface area (Å²) in [7, 11) is 0. The number of fused-ring (bicyclic) bond motifs is 3. The topological polar surface area (TPSA) is 79.2 Å². The summed E-state index contributed by atoms with van der Waals surface area (Å²) in [6, 6.07) is 0. The normalized spacial score (nSPS) is 18.8. The molecule has 146 valence electrons. The molecule has 5 rings (SSSR count). The average Bonchev–Trinajstić information content (AvgIpc) is 3.27. The number of imidazole rings is 1. The van der Waals surface area contributed by atoms with Crippen LogP contribution in [0.4, 0.5) is 5.82 Å². The predicted octanol–water partition coefficient (Wildman–Crippen LogP) is 2.59. The number of hydrogen-bond acceptors (Lipinski definition) is 5. The standard InChI is InChI=1S/C21H26N6O/c1-20(2,3)19-24-17-14(18(28)25-19)4-5-21(17)6-9-26(10-7-21)16-13-22-12-15-23-8-11-27(15)16/h8,11-13H,4-7,9-10H2,1-3H3,(H,24,25,28). The van der Waals surface area contributed by atoms with Crippen LogP contribution in [0.5, 0.6) is 0 Å². The van der Waals surface area contributed by atoms with E-state index in [0.717, 1.165) is 67.3 Å². The molecule has 1 spiro atoms. The minimum atomic E-state index is -0.165. The van der Waals surface area contributed by atoms with Crippen molar-refractivity contribution in [2.45, 2.75) is 57.3 Å². The summed E-state index contributed by atoms with van der Waals surface area (Å²) >= 11 is 0. The highest BCUT2D eigenvalue weighted by atomic mass is 16.1. The molecule has 0 aromatic carbocycles. The van der Waals surface area contributed by atoms with Gasteiger partial charge in [-0.25, -0.2) is 9.97 Å². The monoisotopic (exact) mass is 378 g/mol. The summed E-state index contributed by atoms with van der Waals surface area (Å²) in [6.45, 7) is 8.15. The summed E-state index contributed by atoms with van der Waals surface area (Å²) in [4.78, 5) is 31.8. The van der Waals surface area contributed by atoms with Crippen LogP contribution in [0.25, 0.3) is 5.65 Å². The lowest BCUT2D eigenvalue weighted by Crippen LogP contribution is -2.43. The Balaban J connectivity index is 1.47. The number of H-pyrrole nitrogens is 1. The summed E-state index contributed by atoms with van der Waals surface area (Å²) < 4.78 is 2.09. The minimum Gasteiger partial charge on any atom is -0.356 e. The highest BCUT2D eigenvalue weighted by molar-refractivity contribution is 5.49. The van der Waals surface area contributed by atoms with Crippen molar-refractivity contribution in [1.82, 2.24) is 24.3 Å². The highest BCUT2D eigenvalue weighted by Crippen LogP contribution is 2.45. The van der Waals surface area contributed by atoms with Gasteiger partial charge >= 0.3 is 0 Å². The fourth-order valence-corrected chi connectivity index (χ4v) is 4.73. The third-order valence-corrected chi connectivity index (χ3v) is 6.42. The van der Waals surface area contributed by atoms with E-state index in [2.05, 4.69) is 45.0 Å². The van der Waals surface area contributed by atoms with Crippen molar-refractivity contribution in [3.8, 4) is 0 Å². The maximum Gasteiger partial charge on any atom is 0.254 e. The Hall–Kier alpha value is -2.70. The van der Waals surface area contributed by atoms with Crippen LogP contribution in [0, 0.1) is 0 Å². The first-order chi connectivity index (χ1) is 13.4. The number of nitrogens with one attached hydrogen (secondary N) is 1. The molecule has 28 heavy (non-hydrogen) atoms. The molecule has 0 saturated carbocycles. The van der Waals surface area contributed by atoms with E-state index in [4.69, 9.17) is 4.98 Å². The molecule has 1 saturated heterocycles. The van der Waals surface area contributed by atoms with Crippen molar-refractivity contribution in [3.05, 3.63) is 52.2 Å². The van der Waals surface area contributed by atoms with E-state index in [1.54, 1.807) is 6.20 Å². The third kappa shape index (κ3) is 2.56. The Bertz CT molecular complexity index is 1100. The van der Waals surface area contributed by atoms with E-state index < -0.39 is 0 Å². The molecule has 0 radical (unpaired) electrons. The van der Waals surface area contributed by atoms with Gasteiger partial charge in [0.25, 0.3) is 5.56 Å². The van der Waals surface area contributed by atoms with Crippen LogP contribution < -0.4 is 10.5 Å².